The Labute approximate surface area is 253 Å². The highest BCUT2D eigenvalue weighted by atomic mass is 16.3. The van der Waals surface area contributed by atoms with E-state index in [2.05, 4.69) is 158 Å². The number of hydrogen-bond acceptors (Lipinski definition) is 1. The van der Waals surface area contributed by atoms with E-state index < -0.39 is 5.60 Å². The van der Waals surface area contributed by atoms with Gasteiger partial charge in [-0.15, -0.1) is 0 Å². The minimum Gasteiger partial charge on any atom is -0.390 e. The third-order valence-electron chi connectivity index (χ3n) is 5.82. The highest BCUT2D eigenvalue weighted by Gasteiger charge is 2.10. The smallest absolute Gasteiger partial charge is 0.0591 e. The van der Waals surface area contributed by atoms with E-state index in [1.54, 1.807) is 0 Å². The average Bonchev–Trinajstić information content (AvgIpc) is 2.85. The monoisotopic (exact) mass is 552 g/mol. The van der Waals surface area contributed by atoms with E-state index in [0.29, 0.717) is 5.92 Å². The van der Waals surface area contributed by atoms with Gasteiger partial charge in [0.05, 0.1) is 5.60 Å². The first-order valence-corrected chi connectivity index (χ1v) is 14.8. The van der Waals surface area contributed by atoms with Crippen molar-refractivity contribution in [3.05, 3.63) is 155 Å². The molecule has 41 heavy (non-hydrogen) atoms. The quantitative estimate of drug-likeness (QED) is 0.178. The normalized spacial score (nSPS) is 15.7. The summed E-state index contributed by atoms with van der Waals surface area (Å²) in [5.41, 5.74) is 6.48. The molecule has 0 bridgehead atoms. The second-order valence-electron chi connectivity index (χ2n) is 11.7. The van der Waals surface area contributed by atoms with E-state index in [9.17, 15) is 5.11 Å². The predicted molar refractivity (Wildman–Crippen MR) is 187 cm³/mol. The minimum absolute atomic E-state index is 0.576. The van der Waals surface area contributed by atoms with Crippen LogP contribution in [0, 0.1) is 5.92 Å². The van der Waals surface area contributed by atoms with Crippen molar-refractivity contribution in [3.63, 3.8) is 0 Å². The summed E-state index contributed by atoms with van der Waals surface area (Å²) in [5.74, 6) is 0.576. The molecule has 0 rings (SSSR count). The van der Waals surface area contributed by atoms with Crippen LogP contribution >= 0.6 is 0 Å². The lowest BCUT2D eigenvalue weighted by Gasteiger charge is -2.16. The first kappa shape index (κ1) is 37.6. The van der Waals surface area contributed by atoms with Crippen molar-refractivity contribution in [2.75, 3.05) is 0 Å². The Kier molecular flexibility index (Phi) is 20.4. The van der Waals surface area contributed by atoms with E-state index in [0.717, 1.165) is 24.8 Å². The third-order valence-corrected chi connectivity index (χ3v) is 5.82. The maximum atomic E-state index is 9.79. The summed E-state index contributed by atoms with van der Waals surface area (Å²) in [5, 5.41) is 9.79. The van der Waals surface area contributed by atoms with Crippen LogP contribution in [0.5, 0.6) is 0 Å². The largest absolute Gasteiger partial charge is 0.390 e. The molecule has 222 valence electrons. The van der Waals surface area contributed by atoms with E-state index in [4.69, 9.17) is 0 Å². The zero-order chi connectivity index (χ0) is 31.1. The molecule has 0 aliphatic carbocycles. The fourth-order valence-electron chi connectivity index (χ4n) is 3.34. The van der Waals surface area contributed by atoms with E-state index >= 15 is 0 Å². The molecule has 0 radical (unpaired) electrons. The summed E-state index contributed by atoms with van der Waals surface area (Å²) in [4.78, 5) is 0. The summed E-state index contributed by atoms with van der Waals surface area (Å²) in [6.07, 6.45) is 42.6. The van der Waals surface area contributed by atoms with Crippen LogP contribution in [0.4, 0.5) is 0 Å². The Balaban J connectivity index is 4.68. The molecule has 1 heteroatoms. The minimum atomic E-state index is -0.603. The molecule has 0 saturated heterocycles. The standard InChI is InChI=1S/C40H56O/c1-33(2)19-13-22-36(5)25-16-28-37(6)26-14-23-34(3)20-11-12-21-35(4)24-15-27-38(7)29-17-30-39(8)31-18-32-40(9,10)41/h11-17,19-30,33,41H,8,18,31-32H2,1-7,9-10H3/b19-13-,20-11+,21-12+,25-16-,26-14+,27-15+,30-17+,34-23+,35-24+,36-22-,37-28-,38-29+. The second kappa shape index (κ2) is 22.3. The zero-order valence-electron chi connectivity index (χ0n) is 27.3. The van der Waals surface area contributed by atoms with Gasteiger partial charge in [-0.1, -0.05) is 169 Å². The SMILES string of the molecule is C=C(/C=C/C=C(C)/C=C/C=C(C)/C=C/C=C/C(C)=C/C=C/C(C)=C\C=C/C(C)=C\C=C/C(C)C)CCCC(C)(C)O. The first-order valence-electron chi connectivity index (χ1n) is 14.8. The summed E-state index contributed by atoms with van der Waals surface area (Å²) >= 11 is 0. The van der Waals surface area contributed by atoms with Gasteiger partial charge in [-0.3, -0.25) is 0 Å². The van der Waals surface area contributed by atoms with Crippen molar-refractivity contribution in [2.45, 2.75) is 87.2 Å². The first-order chi connectivity index (χ1) is 19.3. The molecule has 0 aromatic heterocycles. The predicted octanol–water partition coefficient (Wildman–Crippen LogP) is 11.8. The number of hydrogen-bond donors (Lipinski definition) is 1. The Morgan fingerprint density at radius 1 is 0.585 bits per heavy atom. The number of allylic oxidation sites excluding steroid dienone is 25. The van der Waals surface area contributed by atoms with Crippen LogP contribution in [0.1, 0.15) is 81.6 Å². The lowest BCUT2D eigenvalue weighted by Crippen LogP contribution is -2.17. The van der Waals surface area contributed by atoms with Crippen LogP contribution < -0.4 is 0 Å². The second-order valence-corrected chi connectivity index (χ2v) is 11.7. The van der Waals surface area contributed by atoms with Crippen LogP contribution in [0.3, 0.4) is 0 Å². The summed E-state index contributed by atoms with van der Waals surface area (Å²) in [7, 11) is 0. The molecule has 0 unspecified atom stereocenters. The molecular formula is C40H56O. The molecule has 0 aliphatic heterocycles. The topological polar surface area (TPSA) is 20.2 Å². The highest BCUT2D eigenvalue weighted by molar-refractivity contribution is 5.33. The lowest BCUT2D eigenvalue weighted by molar-refractivity contribution is 0.0690. The van der Waals surface area contributed by atoms with Gasteiger partial charge >= 0.3 is 0 Å². The summed E-state index contributed by atoms with van der Waals surface area (Å²) in [6.45, 7) is 22.7. The van der Waals surface area contributed by atoms with Crippen molar-refractivity contribution < 1.29 is 5.11 Å². The Hall–Kier alpha value is -3.42. The van der Waals surface area contributed by atoms with Crippen LogP contribution in [0.2, 0.25) is 0 Å². The van der Waals surface area contributed by atoms with Crippen LogP contribution in [0.15, 0.2) is 155 Å². The van der Waals surface area contributed by atoms with Gasteiger partial charge in [0.2, 0.25) is 0 Å². The van der Waals surface area contributed by atoms with Crippen molar-refractivity contribution >= 4 is 0 Å². The molecule has 0 saturated carbocycles. The van der Waals surface area contributed by atoms with Gasteiger partial charge in [-0.2, -0.15) is 0 Å². The molecular weight excluding hydrogens is 496 g/mol. The molecule has 0 heterocycles. The molecule has 0 spiro atoms. The number of aliphatic hydroxyl groups is 1. The van der Waals surface area contributed by atoms with E-state index in [1.807, 2.05) is 26.0 Å². The van der Waals surface area contributed by atoms with E-state index in [-0.39, 0.29) is 0 Å². The Bertz CT molecular complexity index is 1150. The van der Waals surface area contributed by atoms with Crippen molar-refractivity contribution in [1.29, 1.82) is 0 Å². The van der Waals surface area contributed by atoms with E-state index in [1.165, 1.54) is 27.9 Å². The summed E-state index contributed by atoms with van der Waals surface area (Å²) < 4.78 is 0. The van der Waals surface area contributed by atoms with Gasteiger partial charge in [0.25, 0.3) is 0 Å². The van der Waals surface area contributed by atoms with Gasteiger partial charge in [0.15, 0.2) is 0 Å². The molecule has 1 N–H and O–H groups in total. The Morgan fingerprint density at radius 2 is 0.927 bits per heavy atom. The molecule has 0 fully saturated rings. The fourth-order valence-corrected chi connectivity index (χ4v) is 3.34. The van der Waals surface area contributed by atoms with Gasteiger partial charge in [0, 0.05) is 0 Å². The van der Waals surface area contributed by atoms with Gasteiger partial charge in [0.1, 0.15) is 0 Å². The third kappa shape index (κ3) is 26.6. The molecule has 0 aliphatic rings. The summed E-state index contributed by atoms with van der Waals surface area (Å²) in [6, 6.07) is 0. The maximum absolute atomic E-state index is 9.79. The van der Waals surface area contributed by atoms with Gasteiger partial charge in [-0.25, -0.2) is 0 Å². The highest BCUT2D eigenvalue weighted by Crippen LogP contribution is 2.15. The zero-order valence-corrected chi connectivity index (χ0v) is 27.3. The van der Waals surface area contributed by atoms with Crippen molar-refractivity contribution in [1.82, 2.24) is 0 Å². The molecule has 0 aromatic rings. The van der Waals surface area contributed by atoms with Crippen LogP contribution in [0.25, 0.3) is 0 Å². The molecule has 0 aromatic carbocycles. The molecule has 1 nitrogen and oxygen atoms in total. The maximum Gasteiger partial charge on any atom is 0.0591 e. The Morgan fingerprint density at radius 3 is 1.29 bits per heavy atom. The van der Waals surface area contributed by atoms with Gasteiger partial charge < -0.3 is 5.11 Å². The lowest BCUT2D eigenvalue weighted by atomic mass is 9.99. The fraction of sp³-hybridized carbons (Fsp3) is 0.350. The molecule has 0 amide bonds. The van der Waals surface area contributed by atoms with Crippen molar-refractivity contribution in [3.8, 4) is 0 Å². The molecule has 0 atom stereocenters. The van der Waals surface area contributed by atoms with Crippen LogP contribution in [-0.4, -0.2) is 10.7 Å². The number of rotatable bonds is 17. The van der Waals surface area contributed by atoms with Crippen LogP contribution in [-0.2, 0) is 0 Å². The van der Waals surface area contributed by atoms with Gasteiger partial charge in [-0.05, 0) is 73.6 Å². The van der Waals surface area contributed by atoms with Crippen molar-refractivity contribution in [2.24, 2.45) is 5.92 Å². The average molecular weight is 553 g/mol.